The number of aromatic nitrogens is 1. The molecule has 1 unspecified atom stereocenters. The van der Waals surface area contributed by atoms with Crippen molar-refractivity contribution in [2.45, 2.75) is 43.4 Å². The third-order valence-electron chi connectivity index (χ3n) is 3.44. The summed E-state index contributed by atoms with van der Waals surface area (Å²) in [6, 6.07) is 0. The number of hydrogen-bond acceptors (Lipinski definition) is 5. The topological polar surface area (TPSA) is 73.0 Å². The van der Waals surface area contributed by atoms with E-state index in [0.29, 0.717) is 5.01 Å². The maximum atomic E-state index is 11.4. The molecule has 1 aliphatic rings. The van der Waals surface area contributed by atoms with Gasteiger partial charge in [-0.3, -0.25) is 0 Å². The summed E-state index contributed by atoms with van der Waals surface area (Å²) in [5.41, 5.74) is 6.99. The Kier molecular flexibility index (Phi) is 3.31. The van der Waals surface area contributed by atoms with Crippen molar-refractivity contribution in [2.75, 3.05) is 6.26 Å². The fourth-order valence-corrected chi connectivity index (χ4v) is 3.81. The van der Waals surface area contributed by atoms with E-state index in [0.717, 1.165) is 25.0 Å². The van der Waals surface area contributed by atoms with Gasteiger partial charge >= 0.3 is 0 Å². The fourth-order valence-electron chi connectivity index (χ4n) is 1.94. The number of thiazole rings is 1. The molecule has 0 aromatic carbocycles. The van der Waals surface area contributed by atoms with Gasteiger partial charge in [0.2, 0.25) is 0 Å². The number of hydrogen-bond donors (Lipinski definition) is 1. The molecular weight excluding hydrogens is 256 g/mol. The van der Waals surface area contributed by atoms with Crippen molar-refractivity contribution in [3.05, 3.63) is 16.1 Å². The van der Waals surface area contributed by atoms with Crippen LogP contribution in [0.25, 0.3) is 0 Å². The number of sulfone groups is 1. The van der Waals surface area contributed by atoms with E-state index in [1.54, 1.807) is 6.92 Å². The van der Waals surface area contributed by atoms with Gasteiger partial charge in [-0.1, -0.05) is 0 Å². The SMILES string of the molecule is CC(c1nc(CC2(N)CCC2)cs1)S(C)(=O)=O. The molecule has 0 aliphatic heterocycles. The molecule has 0 bridgehead atoms. The number of nitrogens with zero attached hydrogens (tertiary/aromatic N) is 1. The van der Waals surface area contributed by atoms with Gasteiger partial charge in [0, 0.05) is 23.6 Å². The smallest absolute Gasteiger partial charge is 0.156 e. The molecule has 1 atom stereocenters. The lowest BCUT2D eigenvalue weighted by Gasteiger charge is -2.37. The molecule has 4 nitrogen and oxygen atoms in total. The van der Waals surface area contributed by atoms with Crippen molar-refractivity contribution >= 4 is 21.2 Å². The maximum absolute atomic E-state index is 11.4. The van der Waals surface area contributed by atoms with Crippen LogP contribution in [0.15, 0.2) is 5.38 Å². The second-order valence-electron chi connectivity index (χ2n) is 5.04. The molecule has 1 aromatic rings. The van der Waals surface area contributed by atoms with E-state index in [9.17, 15) is 8.42 Å². The van der Waals surface area contributed by atoms with Gasteiger partial charge in [0.25, 0.3) is 0 Å². The minimum atomic E-state index is -3.06. The molecule has 1 aliphatic carbocycles. The van der Waals surface area contributed by atoms with Crippen molar-refractivity contribution in [3.8, 4) is 0 Å². The Bertz CT molecular complexity index is 503. The van der Waals surface area contributed by atoms with Crippen LogP contribution in [0.1, 0.15) is 42.1 Å². The lowest BCUT2D eigenvalue weighted by atomic mass is 9.75. The molecule has 96 valence electrons. The monoisotopic (exact) mass is 274 g/mol. The van der Waals surface area contributed by atoms with Gasteiger partial charge in [-0.05, 0) is 26.2 Å². The average Bonchev–Trinajstić information content (AvgIpc) is 2.61. The van der Waals surface area contributed by atoms with E-state index in [4.69, 9.17) is 5.73 Å². The zero-order chi connectivity index (χ0) is 12.7. The number of rotatable bonds is 4. The van der Waals surface area contributed by atoms with Crippen molar-refractivity contribution in [2.24, 2.45) is 5.73 Å². The van der Waals surface area contributed by atoms with Crippen molar-refractivity contribution < 1.29 is 8.42 Å². The molecule has 1 aromatic heterocycles. The Labute approximate surface area is 106 Å². The summed E-state index contributed by atoms with van der Waals surface area (Å²) in [7, 11) is -3.06. The quantitative estimate of drug-likeness (QED) is 0.906. The molecule has 2 rings (SSSR count). The Morgan fingerprint density at radius 1 is 1.59 bits per heavy atom. The average molecular weight is 274 g/mol. The molecule has 1 saturated carbocycles. The zero-order valence-corrected chi connectivity index (χ0v) is 11.8. The zero-order valence-electron chi connectivity index (χ0n) is 10.1. The predicted molar refractivity (Wildman–Crippen MR) is 69.8 cm³/mol. The van der Waals surface area contributed by atoms with E-state index < -0.39 is 15.1 Å². The van der Waals surface area contributed by atoms with Gasteiger partial charge in [0.05, 0.1) is 5.69 Å². The third kappa shape index (κ3) is 2.86. The molecule has 17 heavy (non-hydrogen) atoms. The number of nitrogens with two attached hydrogens (primary N) is 1. The van der Waals surface area contributed by atoms with Gasteiger partial charge < -0.3 is 5.73 Å². The van der Waals surface area contributed by atoms with Gasteiger partial charge in [0.15, 0.2) is 9.84 Å². The van der Waals surface area contributed by atoms with Crippen LogP contribution in [0.5, 0.6) is 0 Å². The summed E-state index contributed by atoms with van der Waals surface area (Å²) in [5.74, 6) is 0. The van der Waals surface area contributed by atoms with Gasteiger partial charge in [-0.25, -0.2) is 13.4 Å². The largest absolute Gasteiger partial charge is 0.325 e. The molecule has 0 amide bonds. The highest BCUT2D eigenvalue weighted by atomic mass is 32.2. The van der Waals surface area contributed by atoms with Gasteiger partial charge in [0.1, 0.15) is 10.3 Å². The summed E-state index contributed by atoms with van der Waals surface area (Å²) in [6.45, 7) is 1.68. The van der Waals surface area contributed by atoms with E-state index in [1.165, 1.54) is 24.0 Å². The first-order valence-electron chi connectivity index (χ1n) is 5.72. The first-order chi connectivity index (χ1) is 7.80. The summed E-state index contributed by atoms with van der Waals surface area (Å²) in [4.78, 5) is 4.40. The maximum Gasteiger partial charge on any atom is 0.156 e. The van der Waals surface area contributed by atoms with Crippen molar-refractivity contribution in [3.63, 3.8) is 0 Å². The highest BCUT2D eigenvalue weighted by Crippen LogP contribution is 2.33. The van der Waals surface area contributed by atoms with Crippen molar-refractivity contribution in [1.82, 2.24) is 4.98 Å². The van der Waals surface area contributed by atoms with Gasteiger partial charge in [-0.15, -0.1) is 11.3 Å². The lowest BCUT2D eigenvalue weighted by Crippen LogP contribution is -2.48. The van der Waals surface area contributed by atoms with Crippen LogP contribution < -0.4 is 5.73 Å². The summed E-state index contributed by atoms with van der Waals surface area (Å²) in [6.07, 6.45) is 5.28. The molecule has 1 heterocycles. The predicted octanol–water partition coefficient (Wildman–Crippen LogP) is 1.67. The summed E-state index contributed by atoms with van der Waals surface area (Å²) >= 11 is 1.41. The first kappa shape index (κ1) is 13.0. The van der Waals surface area contributed by atoms with Crippen LogP contribution >= 0.6 is 11.3 Å². The Hall–Kier alpha value is -0.460. The van der Waals surface area contributed by atoms with Crippen LogP contribution in [0, 0.1) is 0 Å². The lowest BCUT2D eigenvalue weighted by molar-refractivity contribution is 0.246. The van der Waals surface area contributed by atoms with E-state index in [2.05, 4.69) is 4.98 Å². The molecule has 0 radical (unpaired) electrons. The molecule has 1 fully saturated rings. The molecular formula is C11H18N2O2S2. The molecule has 6 heteroatoms. The minimum absolute atomic E-state index is 0.0975. The van der Waals surface area contributed by atoms with Crippen LogP contribution in [-0.2, 0) is 16.3 Å². The Morgan fingerprint density at radius 2 is 2.24 bits per heavy atom. The fraction of sp³-hybridized carbons (Fsp3) is 0.727. The molecule has 0 spiro atoms. The highest BCUT2D eigenvalue weighted by Gasteiger charge is 2.33. The first-order valence-corrected chi connectivity index (χ1v) is 8.56. The second-order valence-corrected chi connectivity index (χ2v) is 8.30. The van der Waals surface area contributed by atoms with E-state index in [-0.39, 0.29) is 5.54 Å². The normalized spacial score (nSPS) is 20.9. The Morgan fingerprint density at radius 3 is 2.71 bits per heavy atom. The standard InChI is InChI=1S/C11H18N2O2S2/c1-8(17(2,14)15)10-13-9(7-16-10)6-11(12)4-3-5-11/h7-8H,3-6,12H2,1-2H3. The third-order valence-corrected chi connectivity index (χ3v) is 6.18. The van der Waals surface area contributed by atoms with Crippen LogP contribution in [0.4, 0.5) is 0 Å². The van der Waals surface area contributed by atoms with Crippen LogP contribution in [-0.4, -0.2) is 25.2 Å². The summed E-state index contributed by atoms with van der Waals surface area (Å²) in [5, 5.41) is 2.09. The van der Waals surface area contributed by atoms with Gasteiger partial charge in [-0.2, -0.15) is 0 Å². The minimum Gasteiger partial charge on any atom is -0.325 e. The highest BCUT2D eigenvalue weighted by molar-refractivity contribution is 7.91. The molecule has 2 N–H and O–H groups in total. The second kappa shape index (κ2) is 4.33. The van der Waals surface area contributed by atoms with Crippen molar-refractivity contribution in [1.29, 1.82) is 0 Å². The Balaban J connectivity index is 2.11. The molecule has 0 saturated heterocycles. The van der Waals surface area contributed by atoms with Crippen LogP contribution in [0.3, 0.4) is 0 Å². The van der Waals surface area contributed by atoms with Crippen LogP contribution in [0.2, 0.25) is 0 Å². The van der Waals surface area contributed by atoms with E-state index in [1.807, 2.05) is 5.38 Å². The summed E-state index contributed by atoms with van der Waals surface area (Å²) < 4.78 is 22.9. The van der Waals surface area contributed by atoms with E-state index >= 15 is 0 Å².